The first-order chi connectivity index (χ1) is 10.1. The summed E-state index contributed by atoms with van der Waals surface area (Å²) in [6, 6.07) is 5.89. The average Bonchev–Trinajstić information content (AvgIpc) is 2.36. The van der Waals surface area contributed by atoms with Crippen molar-refractivity contribution in [2.45, 2.75) is 32.6 Å². The number of halogens is 1. The molecule has 0 aliphatic carbocycles. The molecule has 1 amide bonds. The maximum absolute atomic E-state index is 12.4. The molecule has 0 bridgehead atoms. The number of nitrogens with zero attached hydrogens (tertiary/aromatic N) is 1. The van der Waals surface area contributed by atoms with Crippen LogP contribution in [-0.2, 0) is 14.6 Å². The van der Waals surface area contributed by atoms with E-state index in [4.69, 9.17) is 11.6 Å². The van der Waals surface area contributed by atoms with Crippen molar-refractivity contribution in [3.05, 3.63) is 29.3 Å². The highest BCUT2D eigenvalue weighted by atomic mass is 35.5. The number of hydrogen-bond donors (Lipinski definition) is 0. The molecule has 0 spiro atoms. The van der Waals surface area contributed by atoms with Crippen LogP contribution >= 0.6 is 11.6 Å². The van der Waals surface area contributed by atoms with Crippen molar-refractivity contribution in [3.8, 4) is 0 Å². The van der Waals surface area contributed by atoms with Crippen molar-refractivity contribution in [2.24, 2.45) is 11.8 Å². The lowest BCUT2D eigenvalue weighted by Crippen LogP contribution is -2.40. The van der Waals surface area contributed by atoms with Gasteiger partial charge in [0.2, 0.25) is 5.91 Å². The van der Waals surface area contributed by atoms with E-state index in [0.29, 0.717) is 29.9 Å². The van der Waals surface area contributed by atoms with Crippen LogP contribution in [0.25, 0.3) is 0 Å². The minimum absolute atomic E-state index is 0.124. The van der Waals surface area contributed by atoms with E-state index in [1.807, 2.05) is 27.7 Å². The summed E-state index contributed by atoms with van der Waals surface area (Å²) in [6.45, 7) is 9.16. The third kappa shape index (κ3) is 5.97. The van der Waals surface area contributed by atoms with Gasteiger partial charge in [0, 0.05) is 18.1 Å². The molecule has 4 nitrogen and oxygen atoms in total. The molecule has 0 fully saturated rings. The zero-order chi connectivity index (χ0) is 16.9. The van der Waals surface area contributed by atoms with Gasteiger partial charge < -0.3 is 4.90 Å². The highest BCUT2D eigenvalue weighted by Crippen LogP contribution is 2.16. The third-order valence-corrected chi connectivity index (χ3v) is 4.88. The maximum atomic E-state index is 12.4. The molecule has 1 aromatic carbocycles. The van der Waals surface area contributed by atoms with E-state index < -0.39 is 15.6 Å². The molecule has 0 radical (unpaired) electrons. The Morgan fingerprint density at radius 2 is 1.50 bits per heavy atom. The lowest BCUT2D eigenvalue weighted by Gasteiger charge is -2.26. The number of carbonyl (C=O) groups is 1. The van der Waals surface area contributed by atoms with Crippen LogP contribution in [0, 0.1) is 11.8 Å². The van der Waals surface area contributed by atoms with Crippen LogP contribution in [0.3, 0.4) is 0 Å². The number of sulfone groups is 1. The Morgan fingerprint density at radius 1 is 1.05 bits per heavy atom. The van der Waals surface area contributed by atoms with Crippen molar-refractivity contribution in [1.29, 1.82) is 0 Å². The van der Waals surface area contributed by atoms with Gasteiger partial charge in [0.15, 0.2) is 9.84 Å². The standard InChI is InChI=1S/C16H24ClNO3S/c1-12(2)9-18(10-13(3)4)16(19)11-22(20,21)15-7-5-14(17)6-8-15/h5-8,12-13H,9-11H2,1-4H3. The van der Waals surface area contributed by atoms with Gasteiger partial charge in [-0.1, -0.05) is 39.3 Å². The highest BCUT2D eigenvalue weighted by Gasteiger charge is 2.24. The second-order valence-corrected chi connectivity index (χ2v) is 8.73. The first-order valence-electron chi connectivity index (χ1n) is 7.38. The average molecular weight is 346 g/mol. The molecule has 0 aliphatic heterocycles. The Balaban J connectivity index is 2.89. The minimum Gasteiger partial charge on any atom is -0.341 e. The van der Waals surface area contributed by atoms with Crippen LogP contribution in [0.2, 0.25) is 5.02 Å². The van der Waals surface area contributed by atoms with Crippen molar-refractivity contribution >= 4 is 27.3 Å². The largest absolute Gasteiger partial charge is 0.341 e. The van der Waals surface area contributed by atoms with Crippen molar-refractivity contribution < 1.29 is 13.2 Å². The van der Waals surface area contributed by atoms with Gasteiger partial charge in [-0.05, 0) is 36.1 Å². The van der Waals surface area contributed by atoms with Crippen LogP contribution in [0.1, 0.15) is 27.7 Å². The molecule has 0 aliphatic rings. The summed E-state index contributed by atoms with van der Waals surface area (Å²) in [5.74, 6) is -0.270. The number of carbonyl (C=O) groups excluding carboxylic acids is 1. The van der Waals surface area contributed by atoms with Crippen molar-refractivity contribution in [2.75, 3.05) is 18.8 Å². The Bertz CT molecular complexity index is 584. The Kier molecular flexibility index (Phi) is 6.88. The maximum Gasteiger partial charge on any atom is 0.238 e. The fourth-order valence-corrected chi connectivity index (χ4v) is 3.49. The Labute approximate surface area is 138 Å². The number of rotatable bonds is 7. The summed E-state index contributed by atoms with van der Waals surface area (Å²) < 4.78 is 24.7. The molecule has 0 saturated carbocycles. The zero-order valence-electron chi connectivity index (χ0n) is 13.5. The second kappa shape index (κ2) is 7.97. The van der Waals surface area contributed by atoms with E-state index in [2.05, 4.69) is 0 Å². The third-order valence-electron chi connectivity index (χ3n) is 3.01. The van der Waals surface area contributed by atoms with Crippen molar-refractivity contribution in [1.82, 2.24) is 4.90 Å². The molecular formula is C16H24ClNO3S. The Morgan fingerprint density at radius 3 is 1.91 bits per heavy atom. The van der Waals surface area contributed by atoms with Gasteiger partial charge in [-0.25, -0.2) is 8.42 Å². The van der Waals surface area contributed by atoms with Gasteiger partial charge in [-0.2, -0.15) is 0 Å². The molecule has 0 heterocycles. The lowest BCUT2D eigenvalue weighted by atomic mass is 10.1. The zero-order valence-corrected chi connectivity index (χ0v) is 15.1. The van der Waals surface area contributed by atoms with E-state index in [0.717, 1.165) is 0 Å². The fourth-order valence-electron chi connectivity index (χ4n) is 2.14. The molecule has 0 saturated heterocycles. The van der Waals surface area contributed by atoms with E-state index in [-0.39, 0.29) is 10.8 Å². The molecule has 0 unspecified atom stereocenters. The predicted molar refractivity (Wildman–Crippen MR) is 89.8 cm³/mol. The molecule has 1 aromatic rings. The SMILES string of the molecule is CC(C)CN(CC(C)C)C(=O)CS(=O)(=O)c1ccc(Cl)cc1. The van der Waals surface area contributed by atoms with E-state index in [9.17, 15) is 13.2 Å². The van der Waals surface area contributed by atoms with E-state index in [1.54, 1.807) is 4.90 Å². The summed E-state index contributed by atoms with van der Waals surface area (Å²) in [7, 11) is -3.64. The first kappa shape index (κ1) is 19.0. The molecule has 0 N–H and O–H groups in total. The molecule has 22 heavy (non-hydrogen) atoms. The highest BCUT2D eigenvalue weighted by molar-refractivity contribution is 7.92. The number of amides is 1. The molecule has 6 heteroatoms. The molecule has 0 aromatic heterocycles. The monoisotopic (exact) mass is 345 g/mol. The Hall–Kier alpha value is -1.07. The van der Waals surface area contributed by atoms with Crippen LogP contribution in [0.15, 0.2) is 29.2 Å². The molecule has 1 rings (SSSR count). The van der Waals surface area contributed by atoms with Gasteiger partial charge >= 0.3 is 0 Å². The molecule has 0 atom stereocenters. The van der Waals surface area contributed by atoms with Crippen LogP contribution in [0.4, 0.5) is 0 Å². The quantitative estimate of drug-likeness (QED) is 0.762. The van der Waals surface area contributed by atoms with Gasteiger partial charge in [-0.3, -0.25) is 4.79 Å². The first-order valence-corrected chi connectivity index (χ1v) is 9.41. The van der Waals surface area contributed by atoms with Crippen LogP contribution in [0.5, 0.6) is 0 Å². The predicted octanol–water partition coefficient (Wildman–Crippen LogP) is 3.25. The summed E-state index contributed by atoms with van der Waals surface area (Å²) in [4.78, 5) is 14.2. The molecule has 124 valence electrons. The summed E-state index contributed by atoms with van der Waals surface area (Å²) in [6.07, 6.45) is 0. The van der Waals surface area contributed by atoms with Crippen molar-refractivity contribution in [3.63, 3.8) is 0 Å². The van der Waals surface area contributed by atoms with E-state index >= 15 is 0 Å². The normalized spacial score (nSPS) is 12.0. The van der Waals surface area contributed by atoms with Gasteiger partial charge in [0.05, 0.1) is 4.90 Å². The topological polar surface area (TPSA) is 54.5 Å². The van der Waals surface area contributed by atoms with Gasteiger partial charge in [-0.15, -0.1) is 0 Å². The van der Waals surface area contributed by atoms with Crippen LogP contribution in [-0.4, -0.2) is 38.1 Å². The summed E-state index contributed by atoms with van der Waals surface area (Å²) >= 11 is 5.76. The second-order valence-electron chi connectivity index (χ2n) is 6.30. The number of hydrogen-bond acceptors (Lipinski definition) is 3. The summed E-state index contributed by atoms with van der Waals surface area (Å²) in [5.41, 5.74) is 0. The smallest absolute Gasteiger partial charge is 0.238 e. The fraction of sp³-hybridized carbons (Fsp3) is 0.562. The number of benzene rings is 1. The van der Waals surface area contributed by atoms with E-state index in [1.165, 1.54) is 24.3 Å². The van der Waals surface area contributed by atoms with Crippen LogP contribution < -0.4 is 0 Å². The summed E-state index contributed by atoms with van der Waals surface area (Å²) in [5, 5.41) is 0.464. The minimum atomic E-state index is -3.64. The molecular weight excluding hydrogens is 322 g/mol. The lowest BCUT2D eigenvalue weighted by molar-refractivity contribution is -0.129. The van der Waals surface area contributed by atoms with Gasteiger partial charge in [0.1, 0.15) is 5.75 Å². The van der Waals surface area contributed by atoms with Gasteiger partial charge in [0.25, 0.3) is 0 Å².